The van der Waals surface area contributed by atoms with Gasteiger partial charge in [0.2, 0.25) is 0 Å². The largest absolute Gasteiger partial charge is 0.294 e. The SMILES string of the molecule is O=C1CSCC2=C1C(c1ccc(F)c(Br)c1)C1SCCC1=N2. The summed E-state index contributed by atoms with van der Waals surface area (Å²) in [6.45, 7) is 0. The quantitative estimate of drug-likeness (QED) is 0.710. The molecule has 0 amide bonds. The number of halogens is 2. The number of Topliss-reactive ketones (excluding diaryl/α,β-unsaturated/α-hetero) is 1. The monoisotopic (exact) mass is 397 g/mol. The number of aliphatic imine (C=N–C) groups is 1. The number of benzene rings is 1. The van der Waals surface area contributed by atoms with Crippen molar-refractivity contribution in [1.29, 1.82) is 0 Å². The lowest BCUT2D eigenvalue weighted by Gasteiger charge is -2.33. The second kappa shape index (κ2) is 5.80. The molecule has 0 radical (unpaired) electrons. The van der Waals surface area contributed by atoms with E-state index in [1.54, 1.807) is 11.8 Å². The minimum atomic E-state index is -0.271. The third-order valence-electron chi connectivity index (χ3n) is 4.26. The number of fused-ring (bicyclic) bond motifs is 1. The van der Waals surface area contributed by atoms with E-state index < -0.39 is 0 Å². The van der Waals surface area contributed by atoms with Crippen molar-refractivity contribution in [3.63, 3.8) is 0 Å². The molecule has 1 aromatic carbocycles. The Morgan fingerprint density at radius 3 is 3.00 bits per heavy atom. The van der Waals surface area contributed by atoms with Crippen molar-refractivity contribution in [3.05, 3.63) is 45.3 Å². The van der Waals surface area contributed by atoms with E-state index in [4.69, 9.17) is 4.99 Å². The molecule has 0 saturated carbocycles. The van der Waals surface area contributed by atoms with Gasteiger partial charge < -0.3 is 0 Å². The zero-order valence-electron chi connectivity index (χ0n) is 11.6. The van der Waals surface area contributed by atoms with E-state index in [1.165, 1.54) is 11.8 Å². The lowest BCUT2D eigenvalue weighted by atomic mass is 9.81. The number of nitrogens with zero attached hydrogens (tertiary/aromatic N) is 1. The molecule has 3 heterocycles. The van der Waals surface area contributed by atoms with Gasteiger partial charge >= 0.3 is 0 Å². The molecule has 1 aromatic rings. The van der Waals surface area contributed by atoms with E-state index in [-0.39, 0.29) is 22.8 Å². The van der Waals surface area contributed by atoms with E-state index in [0.29, 0.717) is 10.2 Å². The minimum absolute atomic E-state index is 0.0142. The van der Waals surface area contributed by atoms with Crippen molar-refractivity contribution in [2.24, 2.45) is 4.99 Å². The first kappa shape index (κ1) is 15.0. The number of allylic oxidation sites excluding steroid dienone is 1. The molecular formula is C16H13BrFNOS2. The zero-order valence-corrected chi connectivity index (χ0v) is 14.9. The van der Waals surface area contributed by atoms with Crippen LogP contribution in [-0.2, 0) is 4.79 Å². The van der Waals surface area contributed by atoms with Crippen molar-refractivity contribution in [2.75, 3.05) is 17.3 Å². The topological polar surface area (TPSA) is 29.4 Å². The van der Waals surface area contributed by atoms with Gasteiger partial charge in [-0.3, -0.25) is 9.79 Å². The van der Waals surface area contributed by atoms with Crippen molar-refractivity contribution in [1.82, 2.24) is 0 Å². The van der Waals surface area contributed by atoms with Gasteiger partial charge in [-0.15, -0.1) is 11.8 Å². The van der Waals surface area contributed by atoms with E-state index in [1.807, 2.05) is 23.9 Å². The van der Waals surface area contributed by atoms with Crippen LogP contribution in [0.1, 0.15) is 17.9 Å². The van der Waals surface area contributed by atoms with Crippen LogP contribution in [0, 0.1) is 5.82 Å². The highest BCUT2D eigenvalue weighted by Gasteiger charge is 2.42. The third kappa shape index (κ3) is 2.39. The van der Waals surface area contributed by atoms with Gasteiger partial charge in [-0.1, -0.05) is 6.07 Å². The molecule has 1 saturated heterocycles. The van der Waals surface area contributed by atoms with Crippen LogP contribution in [0.3, 0.4) is 0 Å². The van der Waals surface area contributed by atoms with Gasteiger partial charge in [0, 0.05) is 23.0 Å². The summed E-state index contributed by atoms with van der Waals surface area (Å²) < 4.78 is 14.0. The summed E-state index contributed by atoms with van der Waals surface area (Å²) >= 11 is 6.77. The minimum Gasteiger partial charge on any atom is -0.294 e. The van der Waals surface area contributed by atoms with Gasteiger partial charge in [-0.05, 0) is 45.8 Å². The van der Waals surface area contributed by atoms with Gasteiger partial charge in [-0.25, -0.2) is 4.39 Å². The first-order chi connectivity index (χ1) is 10.6. The molecule has 0 aromatic heterocycles. The lowest BCUT2D eigenvalue weighted by molar-refractivity contribution is -0.113. The van der Waals surface area contributed by atoms with Crippen LogP contribution in [0.25, 0.3) is 0 Å². The van der Waals surface area contributed by atoms with E-state index >= 15 is 0 Å². The molecule has 0 N–H and O–H groups in total. The second-order valence-electron chi connectivity index (χ2n) is 5.57. The van der Waals surface area contributed by atoms with Gasteiger partial charge in [0.05, 0.1) is 21.2 Å². The molecule has 0 spiro atoms. The highest BCUT2D eigenvalue weighted by atomic mass is 79.9. The van der Waals surface area contributed by atoms with Gasteiger partial charge in [0.1, 0.15) is 5.82 Å². The Hall–Kier alpha value is -0.590. The zero-order chi connectivity index (χ0) is 15.3. The Labute approximate surface area is 145 Å². The molecule has 2 nitrogen and oxygen atoms in total. The maximum atomic E-state index is 13.6. The van der Waals surface area contributed by atoms with Crippen LogP contribution in [0.2, 0.25) is 0 Å². The molecule has 4 rings (SSSR count). The first-order valence-corrected chi connectivity index (χ1v) is 10.1. The van der Waals surface area contributed by atoms with Gasteiger partial charge in [0.15, 0.2) is 5.78 Å². The standard InChI is InChI=1S/C16H13BrFNOS2/c17-9-5-8(1-2-10(9)18)14-15-12(6-21-7-13(15)20)19-11-3-4-22-16(11)14/h1-2,5,14,16H,3-4,6-7H2. The Morgan fingerprint density at radius 2 is 2.18 bits per heavy atom. The van der Waals surface area contributed by atoms with Gasteiger partial charge in [0.25, 0.3) is 0 Å². The fourth-order valence-electron chi connectivity index (χ4n) is 3.31. The fraction of sp³-hybridized carbons (Fsp3) is 0.375. The normalized spacial score (nSPS) is 27.5. The van der Waals surface area contributed by atoms with E-state index in [0.717, 1.165) is 34.8 Å². The predicted octanol–water partition coefficient (Wildman–Crippen LogP) is 4.20. The van der Waals surface area contributed by atoms with Crippen LogP contribution in [-0.4, -0.2) is 34.0 Å². The molecule has 1 fully saturated rings. The van der Waals surface area contributed by atoms with Crippen molar-refractivity contribution in [3.8, 4) is 0 Å². The summed E-state index contributed by atoms with van der Waals surface area (Å²) in [4.78, 5) is 17.3. The van der Waals surface area contributed by atoms with Crippen LogP contribution in [0.15, 0.2) is 38.9 Å². The number of rotatable bonds is 1. The molecule has 2 atom stereocenters. The number of hydrogen-bond acceptors (Lipinski definition) is 4. The Balaban J connectivity index is 1.87. The summed E-state index contributed by atoms with van der Waals surface area (Å²) in [5, 5.41) is 0.225. The molecule has 114 valence electrons. The number of ketones is 1. The number of carbonyl (C=O) groups excluding carboxylic acids is 1. The average Bonchev–Trinajstić information content (AvgIpc) is 2.96. The Kier molecular flexibility index (Phi) is 3.95. The van der Waals surface area contributed by atoms with Crippen molar-refractivity contribution >= 4 is 50.9 Å². The molecule has 22 heavy (non-hydrogen) atoms. The molecule has 0 bridgehead atoms. The third-order valence-corrected chi connectivity index (χ3v) is 7.16. The predicted molar refractivity (Wildman–Crippen MR) is 94.5 cm³/mol. The lowest BCUT2D eigenvalue weighted by Crippen LogP contribution is -2.33. The van der Waals surface area contributed by atoms with Gasteiger partial charge in [-0.2, -0.15) is 11.8 Å². The number of thioether (sulfide) groups is 2. The summed E-state index contributed by atoms with van der Waals surface area (Å²) in [5.41, 5.74) is 4.01. The van der Waals surface area contributed by atoms with E-state index in [2.05, 4.69) is 15.9 Å². The molecule has 2 unspecified atom stereocenters. The summed E-state index contributed by atoms with van der Waals surface area (Å²) in [5.74, 6) is 2.31. The van der Waals surface area contributed by atoms with Crippen molar-refractivity contribution < 1.29 is 9.18 Å². The molecule has 3 aliphatic heterocycles. The van der Waals surface area contributed by atoms with Crippen LogP contribution in [0.5, 0.6) is 0 Å². The number of carbonyl (C=O) groups is 1. The number of hydrogen-bond donors (Lipinski definition) is 0. The molecule has 6 heteroatoms. The second-order valence-corrected chi connectivity index (χ2v) is 8.66. The Bertz CT molecular complexity index is 731. The Morgan fingerprint density at radius 1 is 1.32 bits per heavy atom. The van der Waals surface area contributed by atoms with Crippen molar-refractivity contribution in [2.45, 2.75) is 17.6 Å². The van der Waals surface area contributed by atoms with Crippen LogP contribution >= 0.6 is 39.5 Å². The highest BCUT2D eigenvalue weighted by Crippen LogP contribution is 2.47. The van der Waals surface area contributed by atoms with Crippen LogP contribution in [0.4, 0.5) is 4.39 Å². The first-order valence-electron chi connectivity index (χ1n) is 7.13. The maximum absolute atomic E-state index is 13.6. The molecular weight excluding hydrogens is 385 g/mol. The van der Waals surface area contributed by atoms with Crippen LogP contribution < -0.4 is 0 Å². The average molecular weight is 398 g/mol. The molecule has 0 aliphatic carbocycles. The maximum Gasteiger partial charge on any atom is 0.171 e. The highest BCUT2D eigenvalue weighted by molar-refractivity contribution is 9.10. The summed E-state index contributed by atoms with van der Waals surface area (Å²) in [6, 6.07) is 5.11. The summed E-state index contributed by atoms with van der Waals surface area (Å²) in [7, 11) is 0. The summed E-state index contributed by atoms with van der Waals surface area (Å²) in [6.07, 6.45) is 0.990. The van der Waals surface area contributed by atoms with E-state index in [9.17, 15) is 9.18 Å². The smallest absolute Gasteiger partial charge is 0.171 e. The molecule has 3 aliphatic rings. The fourth-order valence-corrected chi connectivity index (χ4v) is 5.99.